The smallest absolute Gasteiger partial charge is 0.330 e. The molecule has 1 aliphatic rings. The van der Waals surface area contributed by atoms with Gasteiger partial charge in [0.1, 0.15) is 0 Å². The van der Waals surface area contributed by atoms with Crippen molar-refractivity contribution in [2.24, 2.45) is 17.3 Å². The lowest BCUT2D eigenvalue weighted by Crippen LogP contribution is -2.21. The summed E-state index contributed by atoms with van der Waals surface area (Å²) in [5.74, 6) is 0.00306. The maximum atomic E-state index is 12.0. The maximum Gasteiger partial charge on any atom is 0.330 e. The van der Waals surface area contributed by atoms with E-state index >= 15 is 0 Å². The van der Waals surface area contributed by atoms with Gasteiger partial charge in [-0.15, -0.1) is 0 Å². The Morgan fingerprint density at radius 3 is 2.33 bits per heavy atom. The van der Waals surface area contributed by atoms with E-state index in [9.17, 15) is 9.59 Å². The van der Waals surface area contributed by atoms with Crippen LogP contribution in [0.1, 0.15) is 34.1 Å². The molecule has 2 atom stereocenters. The number of hydrogen-bond donors (Lipinski definition) is 0. The van der Waals surface area contributed by atoms with Crippen LogP contribution in [0.25, 0.3) is 0 Å². The highest BCUT2D eigenvalue weighted by molar-refractivity contribution is 5.87. The van der Waals surface area contributed by atoms with E-state index in [1.807, 2.05) is 0 Å². The molecule has 18 heavy (non-hydrogen) atoms. The Kier molecular flexibility index (Phi) is 4.93. The highest BCUT2D eigenvalue weighted by atomic mass is 16.5. The highest BCUT2D eigenvalue weighted by Crippen LogP contribution is 2.58. The molecule has 0 aliphatic heterocycles. The fourth-order valence-electron chi connectivity index (χ4n) is 2.30. The van der Waals surface area contributed by atoms with Crippen molar-refractivity contribution in [1.29, 1.82) is 0 Å². The fourth-order valence-corrected chi connectivity index (χ4v) is 2.30. The van der Waals surface area contributed by atoms with Gasteiger partial charge in [0.15, 0.2) is 0 Å². The summed E-state index contributed by atoms with van der Waals surface area (Å²) >= 11 is 0. The van der Waals surface area contributed by atoms with E-state index in [4.69, 9.17) is 9.47 Å². The lowest BCUT2D eigenvalue weighted by molar-refractivity contribution is -0.148. The first-order valence-electron chi connectivity index (χ1n) is 6.51. The monoisotopic (exact) mass is 254 g/mol. The predicted octanol–water partition coefficient (Wildman–Crippen LogP) is 2.33. The molecule has 1 saturated carbocycles. The second kappa shape index (κ2) is 6.03. The van der Waals surface area contributed by atoms with Crippen molar-refractivity contribution in [3.05, 3.63) is 12.2 Å². The Balaban J connectivity index is 2.76. The van der Waals surface area contributed by atoms with Crippen molar-refractivity contribution in [2.75, 3.05) is 13.2 Å². The summed E-state index contributed by atoms with van der Waals surface area (Å²) in [6, 6.07) is 0. The van der Waals surface area contributed by atoms with Gasteiger partial charge < -0.3 is 9.47 Å². The zero-order valence-corrected chi connectivity index (χ0v) is 11.6. The molecule has 0 bridgehead atoms. The van der Waals surface area contributed by atoms with Crippen molar-refractivity contribution in [3.8, 4) is 0 Å². The third kappa shape index (κ3) is 3.12. The summed E-state index contributed by atoms with van der Waals surface area (Å²) in [5, 5.41) is 0. The van der Waals surface area contributed by atoms with Crippen LogP contribution in [0.3, 0.4) is 0 Å². The van der Waals surface area contributed by atoms with Gasteiger partial charge in [0.2, 0.25) is 0 Å². The van der Waals surface area contributed by atoms with E-state index in [1.165, 1.54) is 6.08 Å². The molecular formula is C14H22O4. The van der Waals surface area contributed by atoms with Crippen molar-refractivity contribution in [3.63, 3.8) is 0 Å². The van der Waals surface area contributed by atoms with Crippen LogP contribution >= 0.6 is 0 Å². The van der Waals surface area contributed by atoms with E-state index in [0.717, 1.165) is 6.42 Å². The Bertz CT molecular complexity index is 346. The van der Waals surface area contributed by atoms with Crippen LogP contribution in [0.4, 0.5) is 0 Å². The third-order valence-corrected chi connectivity index (χ3v) is 3.32. The van der Waals surface area contributed by atoms with Gasteiger partial charge in [0.25, 0.3) is 0 Å². The van der Waals surface area contributed by atoms with E-state index in [0.29, 0.717) is 19.1 Å². The third-order valence-electron chi connectivity index (χ3n) is 3.32. The van der Waals surface area contributed by atoms with Gasteiger partial charge in [0, 0.05) is 6.08 Å². The molecule has 0 N–H and O–H groups in total. The Morgan fingerprint density at radius 2 is 1.89 bits per heavy atom. The van der Waals surface area contributed by atoms with Crippen molar-refractivity contribution < 1.29 is 19.1 Å². The van der Waals surface area contributed by atoms with Gasteiger partial charge in [-0.25, -0.2) is 4.79 Å². The zero-order chi connectivity index (χ0) is 13.8. The molecule has 0 heterocycles. The molecule has 0 radical (unpaired) electrons. The van der Waals surface area contributed by atoms with Crippen LogP contribution in [-0.4, -0.2) is 25.2 Å². The second-order valence-corrected chi connectivity index (χ2v) is 4.90. The average Bonchev–Trinajstić information content (AvgIpc) is 3.03. The molecule has 1 aliphatic carbocycles. The number of carbonyl (C=O) groups excluding carboxylic acids is 2. The summed E-state index contributed by atoms with van der Waals surface area (Å²) in [4.78, 5) is 23.3. The number of ether oxygens (including phenoxy) is 2. The Hall–Kier alpha value is -1.32. The largest absolute Gasteiger partial charge is 0.465 e. The quantitative estimate of drug-likeness (QED) is 0.539. The molecule has 1 rings (SSSR count). The number of hydrogen-bond acceptors (Lipinski definition) is 4. The molecule has 0 aromatic rings. The minimum atomic E-state index is -0.614. The van der Waals surface area contributed by atoms with E-state index in [2.05, 4.69) is 13.8 Å². The van der Waals surface area contributed by atoms with E-state index in [-0.39, 0.29) is 11.9 Å². The van der Waals surface area contributed by atoms with Gasteiger partial charge in [-0.2, -0.15) is 0 Å². The topological polar surface area (TPSA) is 52.6 Å². The molecule has 0 unspecified atom stereocenters. The second-order valence-electron chi connectivity index (χ2n) is 4.90. The van der Waals surface area contributed by atoms with Crippen LogP contribution in [0.5, 0.6) is 0 Å². The van der Waals surface area contributed by atoms with Gasteiger partial charge in [-0.3, -0.25) is 4.79 Å². The van der Waals surface area contributed by atoms with Gasteiger partial charge >= 0.3 is 11.9 Å². The highest BCUT2D eigenvalue weighted by Gasteiger charge is 2.60. The van der Waals surface area contributed by atoms with Crippen molar-refractivity contribution in [2.45, 2.75) is 34.1 Å². The van der Waals surface area contributed by atoms with Crippen molar-refractivity contribution in [1.82, 2.24) is 0 Å². The van der Waals surface area contributed by atoms with Gasteiger partial charge in [0.05, 0.1) is 18.6 Å². The van der Waals surface area contributed by atoms with Crippen LogP contribution < -0.4 is 0 Å². The van der Waals surface area contributed by atoms with Crippen LogP contribution in [-0.2, 0) is 19.1 Å². The lowest BCUT2D eigenvalue weighted by Gasteiger charge is -2.13. The molecule has 4 nitrogen and oxygen atoms in total. The molecule has 0 amide bonds. The molecular weight excluding hydrogens is 232 g/mol. The number of carbonyl (C=O) groups is 2. The van der Waals surface area contributed by atoms with Gasteiger partial charge in [-0.05, 0) is 32.1 Å². The summed E-state index contributed by atoms with van der Waals surface area (Å²) in [5.41, 5.74) is -0.614. The molecule has 0 spiro atoms. The van der Waals surface area contributed by atoms with Gasteiger partial charge in [-0.1, -0.05) is 19.9 Å². The van der Waals surface area contributed by atoms with Crippen LogP contribution in [0.15, 0.2) is 12.2 Å². The minimum Gasteiger partial charge on any atom is -0.465 e. The standard InChI is InChI=1S/C14H22O4/c1-5-17-12(15)7-8-14(13(16)18-6-2)9-11(14)10(3)4/h7-8,10-11H,5-6,9H2,1-4H3/b8-7+/t11-,14+/m0/s1. The molecule has 0 saturated heterocycles. The first kappa shape index (κ1) is 14.7. The summed E-state index contributed by atoms with van der Waals surface area (Å²) in [7, 11) is 0. The molecule has 4 heteroatoms. The van der Waals surface area contributed by atoms with E-state index in [1.54, 1.807) is 19.9 Å². The average molecular weight is 254 g/mol. The maximum absolute atomic E-state index is 12.0. The normalized spacial score (nSPS) is 26.4. The number of esters is 2. The number of rotatable bonds is 6. The summed E-state index contributed by atoms with van der Waals surface area (Å²) < 4.78 is 9.92. The Labute approximate surface area is 108 Å². The summed E-state index contributed by atoms with van der Waals surface area (Å²) in [6.45, 7) is 8.38. The lowest BCUT2D eigenvalue weighted by atomic mass is 9.96. The predicted molar refractivity (Wildman–Crippen MR) is 67.8 cm³/mol. The van der Waals surface area contributed by atoms with Crippen LogP contribution in [0, 0.1) is 17.3 Å². The van der Waals surface area contributed by atoms with E-state index < -0.39 is 11.4 Å². The zero-order valence-electron chi connectivity index (χ0n) is 11.6. The van der Waals surface area contributed by atoms with Crippen LogP contribution in [0.2, 0.25) is 0 Å². The molecule has 1 fully saturated rings. The molecule has 102 valence electrons. The molecule has 0 aromatic carbocycles. The first-order chi connectivity index (χ1) is 8.47. The Morgan fingerprint density at radius 1 is 1.28 bits per heavy atom. The SMILES string of the molecule is CCOC(=O)/C=C/[C@@]1(C(=O)OCC)C[C@H]1C(C)C. The fraction of sp³-hybridized carbons (Fsp3) is 0.714. The van der Waals surface area contributed by atoms with Crippen molar-refractivity contribution >= 4 is 11.9 Å². The summed E-state index contributed by atoms with van der Waals surface area (Å²) in [6.07, 6.45) is 3.76. The molecule has 0 aromatic heterocycles. The first-order valence-corrected chi connectivity index (χ1v) is 6.51. The minimum absolute atomic E-state index is 0.232.